The standard InChI is InChI=1S/C53H59ClN7O7PS/c1-37(2)60-38(3)50(53(62)63)51(52(60)39-12-14-41(54)15-13-39)40-8-7-9-45(34-40)58-26-24-57(25-27-58)43-16-18-44(19-17-43)59-30-33-68-69(59,66)46-20-21-48(49(35-46)61(64)65)55-42(22-23-56-28-31-67-32-29-56)36-70-47-10-5-4-6-11-47/h4-21,34-35,37,42,55H,22-33,36H2,1-3H3,(H,62,63)/t42-,69-/m1/s1. The molecule has 3 aliphatic rings. The number of aromatic nitrogens is 1. The summed E-state index contributed by atoms with van der Waals surface area (Å²) < 4.78 is 30.3. The maximum absolute atomic E-state index is 14.9. The number of halogens is 1. The van der Waals surface area contributed by atoms with E-state index >= 15 is 0 Å². The molecule has 0 bridgehead atoms. The molecule has 0 amide bonds. The molecule has 17 heteroatoms. The minimum atomic E-state index is -3.69. The Hall–Kier alpha value is -5.80. The van der Waals surface area contributed by atoms with Crippen molar-refractivity contribution in [3.8, 4) is 22.4 Å². The molecule has 0 saturated carbocycles. The van der Waals surface area contributed by atoms with Gasteiger partial charge in [0.25, 0.3) is 5.69 Å². The number of nitrogens with zero attached hydrogens (tertiary/aromatic N) is 6. The number of thioether (sulfide) groups is 1. The molecule has 3 saturated heterocycles. The van der Waals surface area contributed by atoms with Crippen LogP contribution in [0.5, 0.6) is 0 Å². The quantitative estimate of drug-likeness (QED) is 0.0387. The van der Waals surface area contributed by atoms with Gasteiger partial charge in [-0.3, -0.25) is 24.2 Å². The molecular weight excluding hydrogens is 945 g/mol. The van der Waals surface area contributed by atoms with E-state index in [4.69, 9.17) is 20.9 Å². The number of ether oxygens (including phenoxy) is 1. The number of hydrogen-bond donors (Lipinski definition) is 2. The van der Waals surface area contributed by atoms with Gasteiger partial charge < -0.3 is 34.1 Å². The van der Waals surface area contributed by atoms with E-state index in [-0.39, 0.29) is 29.7 Å². The van der Waals surface area contributed by atoms with Crippen LogP contribution in [-0.4, -0.2) is 109 Å². The molecule has 6 aromatic rings. The highest BCUT2D eigenvalue weighted by Gasteiger charge is 2.41. The molecule has 2 N–H and O–H groups in total. The van der Waals surface area contributed by atoms with Gasteiger partial charge in [-0.2, -0.15) is 0 Å². The van der Waals surface area contributed by atoms with Crippen LogP contribution in [0.2, 0.25) is 5.02 Å². The van der Waals surface area contributed by atoms with E-state index in [2.05, 4.69) is 62.7 Å². The lowest BCUT2D eigenvalue weighted by atomic mass is 9.96. The zero-order valence-electron chi connectivity index (χ0n) is 39.7. The van der Waals surface area contributed by atoms with Crippen molar-refractivity contribution in [2.24, 2.45) is 0 Å². The smallest absolute Gasteiger partial charge is 0.338 e. The van der Waals surface area contributed by atoms with E-state index in [0.717, 1.165) is 85.3 Å². The van der Waals surface area contributed by atoms with Gasteiger partial charge in [-0.05, 0) is 111 Å². The number of anilines is 4. The van der Waals surface area contributed by atoms with Gasteiger partial charge in [0.1, 0.15) is 5.69 Å². The lowest BCUT2D eigenvalue weighted by Crippen LogP contribution is -2.46. The number of aromatic carboxylic acids is 1. The van der Waals surface area contributed by atoms with E-state index < -0.39 is 18.4 Å². The monoisotopic (exact) mass is 1000 g/mol. The van der Waals surface area contributed by atoms with Gasteiger partial charge in [0.05, 0.1) is 47.9 Å². The summed E-state index contributed by atoms with van der Waals surface area (Å²) in [6, 6.07) is 38.6. The molecule has 4 heterocycles. The van der Waals surface area contributed by atoms with Crippen molar-refractivity contribution in [3.63, 3.8) is 0 Å². The first kappa shape index (κ1) is 49.2. The van der Waals surface area contributed by atoms with Gasteiger partial charge in [-0.1, -0.05) is 54.1 Å². The molecule has 0 aliphatic carbocycles. The second kappa shape index (κ2) is 21.7. The summed E-state index contributed by atoms with van der Waals surface area (Å²) in [6.07, 6.45) is 0.784. The lowest BCUT2D eigenvalue weighted by molar-refractivity contribution is -0.383. The third kappa shape index (κ3) is 10.6. The van der Waals surface area contributed by atoms with Gasteiger partial charge in [0.15, 0.2) is 0 Å². The van der Waals surface area contributed by atoms with Crippen LogP contribution in [0.1, 0.15) is 42.4 Å². The second-order valence-corrected chi connectivity index (χ2v) is 22.0. The Morgan fingerprint density at radius 2 is 1.50 bits per heavy atom. The molecule has 14 nitrogen and oxygen atoms in total. The van der Waals surface area contributed by atoms with Crippen molar-refractivity contribution in [1.82, 2.24) is 9.47 Å². The number of nitro benzene ring substituents is 1. The molecule has 3 aliphatic heterocycles. The van der Waals surface area contributed by atoms with Crippen LogP contribution in [-0.2, 0) is 13.8 Å². The Bertz CT molecular complexity index is 2850. The molecule has 9 rings (SSSR count). The summed E-state index contributed by atoms with van der Waals surface area (Å²) >= 11 is 7.99. The third-order valence-electron chi connectivity index (χ3n) is 13.4. The first-order valence-electron chi connectivity index (χ1n) is 23.9. The van der Waals surface area contributed by atoms with Crippen LogP contribution in [0.15, 0.2) is 126 Å². The Kier molecular flexibility index (Phi) is 15.2. The number of benzene rings is 5. The zero-order chi connectivity index (χ0) is 48.9. The summed E-state index contributed by atoms with van der Waals surface area (Å²) in [4.78, 5) is 33.3. The first-order chi connectivity index (χ1) is 33.9. The van der Waals surface area contributed by atoms with Crippen molar-refractivity contribution in [1.29, 1.82) is 0 Å². The number of nitrogens with one attached hydrogen (secondary N) is 1. The number of carbonyl (C=O) groups is 1. The summed E-state index contributed by atoms with van der Waals surface area (Å²) in [5, 5.41) is 27.6. The third-order valence-corrected chi connectivity index (χ3v) is 17.4. The number of carboxylic acid groups (broad SMARTS) is 1. The zero-order valence-corrected chi connectivity index (χ0v) is 42.2. The summed E-state index contributed by atoms with van der Waals surface area (Å²) in [5.41, 5.74) is 7.27. The average molecular weight is 1000 g/mol. The molecule has 0 radical (unpaired) electrons. The maximum Gasteiger partial charge on any atom is 0.338 e. The highest BCUT2D eigenvalue weighted by atomic mass is 35.5. The SMILES string of the molecule is Cc1c(C(=O)O)c(-c2cccc(N3CCN(c4ccc(N5CCO[P@]5(=O)c5ccc(N[C@H](CCN6CCOCC6)CSc6ccccc6)c([N+](=O)[O-])c5)cc4)CC3)c2)c(-c2ccc(Cl)cc2)n1C(C)C. The van der Waals surface area contributed by atoms with E-state index in [1.54, 1.807) is 28.6 Å². The van der Waals surface area contributed by atoms with Crippen molar-refractivity contribution in [2.45, 2.75) is 44.2 Å². The van der Waals surface area contributed by atoms with Crippen molar-refractivity contribution in [2.75, 3.05) is 97.7 Å². The molecule has 1 aromatic heterocycles. The normalized spacial score (nSPS) is 18.1. The highest BCUT2D eigenvalue weighted by molar-refractivity contribution is 7.99. The number of piperazine rings is 1. The number of hydrogen-bond acceptors (Lipinski definition) is 11. The fourth-order valence-electron chi connectivity index (χ4n) is 9.91. The fourth-order valence-corrected chi connectivity index (χ4v) is 13.3. The summed E-state index contributed by atoms with van der Waals surface area (Å²) in [5.74, 6) is -0.257. The van der Waals surface area contributed by atoms with Crippen LogP contribution < -0.4 is 25.1 Å². The number of carboxylic acids is 1. The Labute approximate surface area is 418 Å². The van der Waals surface area contributed by atoms with Crippen molar-refractivity contribution >= 4 is 70.6 Å². The second-order valence-electron chi connectivity index (χ2n) is 18.1. The minimum absolute atomic E-state index is 0.0188. The Balaban J connectivity index is 0.887. The largest absolute Gasteiger partial charge is 0.478 e. The van der Waals surface area contributed by atoms with Crippen molar-refractivity contribution < 1.29 is 28.7 Å². The molecule has 366 valence electrons. The lowest BCUT2D eigenvalue weighted by Gasteiger charge is -2.37. The van der Waals surface area contributed by atoms with Gasteiger partial charge in [0, 0.05) is 108 Å². The van der Waals surface area contributed by atoms with E-state index in [9.17, 15) is 24.6 Å². The van der Waals surface area contributed by atoms with Gasteiger partial charge in [0.2, 0.25) is 0 Å². The molecule has 0 unspecified atom stereocenters. The predicted molar refractivity (Wildman–Crippen MR) is 283 cm³/mol. The summed E-state index contributed by atoms with van der Waals surface area (Å²) in [6.45, 7) is 13.5. The number of nitro groups is 1. The van der Waals surface area contributed by atoms with E-state index in [1.165, 1.54) is 6.07 Å². The molecule has 3 fully saturated rings. The number of morpholine rings is 1. The van der Waals surface area contributed by atoms with Gasteiger partial charge in [-0.25, -0.2) is 4.79 Å². The minimum Gasteiger partial charge on any atom is -0.478 e. The molecular formula is C53H59ClN7O7PS. The molecule has 70 heavy (non-hydrogen) atoms. The van der Waals surface area contributed by atoms with E-state index in [1.807, 2.05) is 85.8 Å². The van der Waals surface area contributed by atoms with Gasteiger partial charge >= 0.3 is 13.5 Å². The van der Waals surface area contributed by atoms with Crippen LogP contribution in [0.4, 0.5) is 28.4 Å². The van der Waals surface area contributed by atoms with Crippen molar-refractivity contribution in [3.05, 3.63) is 148 Å². The highest BCUT2D eigenvalue weighted by Crippen LogP contribution is 2.56. The Morgan fingerprint density at radius 3 is 2.17 bits per heavy atom. The molecule has 0 spiro atoms. The molecule has 2 atom stereocenters. The maximum atomic E-state index is 14.9. The number of rotatable bonds is 17. The van der Waals surface area contributed by atoms with Gasteiger partial charge in [-0.15, -0.1) is 11.8 Å². The van der Waals surface area contributed by atoms with E-state index in [0.29, 0.717) is 58.7 Å². The first-order valence-corrected chi connectivity index (χ1v) is 26.8. The predicted octanol–water partition coefficient (Wildman–Crippen LogP) is 10.9. The molecule has 5 aromatic carbocycles. The van der Waals surface area contributed by atoms with Crippen LogP contribution in [0.3, 0.4) is 0 Å². The average Bonchev–Trinajstić information content (AvgIpc) is 3.93. The topological polar surface area (TPSA) is 146 Å². The van der Waals surface area contributed by atoms with Crippen LogP contribution in [0.25, 0.3) is 22.4 Å². The van der Waals surface area contributed by atoms with Crippen LogP contribution in [0, 0.1) is 17.0 Å². The fraction of sp³-hybridized carbons (Fsp3) is 0.340. The Morgan fingerprint density at radius 1 is 0.814 bits per heavy atom. The van der Waals surface area contributed by atoms with Crippen LogP contribution >= 0.6 is 30.9 Å². The summed E-state index contributed by atoms with van der Waals surface area (Å²) in [7, 11) is -3.69.